The predicted molar refractivity (Wildman–Crippen MR) is 57.7 cm³/mol. The molecule has 0 saturated heterocycles. The van der Waals surface area contributed by atoms with Crippen LogP contribution in [0.5, 0.6) is 0 Å². The summed E-state index contributed by atoms with van der Waals surface area (Å²) in [7, 11) is 0. The molecule has 2 rings (SSSR count). The molecule has 0 aromatic heterocycles. The van der Waals surface area contributed by atoms with E-state index < -0.39 is 11.6 Å². The summed E-state index contributed by atoms with van der Waals surface area (Å²) in [5.74, 6) is -1.76. The van der Waals surface area contributed by atoms with Gasteiger partial charge >= 0.3 is 0 Å². The molecule has 0 spiro atoms. The van der Waals surface area contributed by atoms with Gasteiger partial charge in [0.05, 0.1) is 11.1 Å². The number of benzene rings is 1. The Bertz CT molecular complexity index is 434. The van der Waals surface area contributed by atoms with Crippen molar-refractivity contribution in [1.82, 2.24) is 0 Å². The van der Waals surface area contributed by atoms with Gasteiger partial charge in [-0.2, -0.15) is 0 Å². The van der Waals surface area contributed by atoms with E-state index in [9.17, 15) is 8.78 Å². The van der Waals surface area contributed by atoms with E-state index in [1.165, 1.54) is 6.07 Å². The van der Waals surface area contributed by atoms with Gasteiger partial charge in [0.15, 0.2) is 11.6 Å². The summed E-state index contributed by atoms with van der Waals surface area (Å²) in [5.41, 5.74) is 1.12. The molecular formula is C11H10ClF2NO. The SMILES string of the molecule is CC(Cl)C1CC(c2ccc(F)c(F)c2)=NO1. The normalized spacial score (nSPS) is 21.5. The van der Waals surface area contributed by atoms with Gasteiger partial charge in [0, 0.05) is 12.0 Å². The van der Waals surface area contributed by atoms with Gasteiger partial charge < -0.3 is 4.84 Å². The average Bonchev–Trinajstić information content (AvgIpc) is 2.71. The number of halogens is 3. The Morgan fingerprint density at radius 2 is 2.19 bits per heavy atom. The lowest BCUT2D eigenvalue weighted by Gasteiger charge is -2.08. The molecular weight excluding hydrogens is 236 g/mol. The van der Waals surface area contributed by atoms with Crippen LogP contribution in [0.2, 0.25) is 0 Å². The molecule has 16 heavy (non-hydrogen) atoms. The summed E-state index contributed by atoms with van der Waals surface area (Å²) in [5, 5.41) is 3.65. The minimum absolute atomic E-state index is 0.174. The maximum Gasteiger partial charge on any atom is 0.159 e. The van der Waals surface area contributed by atoms with Crippen molar-refractivity contribution >= 4 is 17.3 Å². The van der Waals surface area contributed by atoms with Crippen molar-refractivity contribution in [2.45, 2.75) is 24.8 Å². The van der Waals surface area contributed by atoms with Crippen LogP contribution in [0.25, 0.3) is 0 Å². The second-order valence-corrected chi connectivity index (χ2v) is 4.38. The molecule has 0 aliphatic carbocycles. The van der Waals surface area contributed by atoms with Crippen LogP contribution in [0.4, 0.5) is 8.78 Å². The topological polar surface area (TPSA) is 21.6 Å². The van der Waals surface area contributed by atoms with Gasteiger partial charge in [-0.1, -0.05) is 5.16 Å². The Kier molecular flexibility index (Phi) is 3.10. The van der Waals surface area contributed by atoms with Crippen LogP contribution < -0.4 is 0 Å². The third-order valence-electron chi connectivity index (χ3n) is 2.46. The second-order valence-electron chi connectivity index (χ2n) is 3.69. The summed E-state index contributed by atoms with van der Waals surface area (Å²) >= 11 is 5.86. The van der Waals surface area contributed by atoms with Crippen molar-refractivity contribution in [3.8, 4) is 0 Å². The lowest BCUT2D eigenvalue weighted by molar-refractivity contribution is 0.0855. The zero-order valence-corrected chi connectivity index (χ0v) is 9.34. The van der Waals surface area contributed by atoms with E-state index in [0.29, 0.717) is 17.7 Å². The molecule has 1 aliphatic heterocycles. The molecule has 2 unspecified atom stereocenters. The van der Waals surface area contributed by atoms with Crippen molar-refractivity contribution in [3.05, 3.63) is 35.4 Å². The fourth-order valence-corrected chi connectivity index (χ4v) is 1.62. The first kappa shape index (κ1) is 11.3. The van der Waals surface area contributed by atoms with E-state index in [1.807, 2.05) is 0 Å². The number of rotatable bonds is 2. The second kappa shape index (κ2) is 4.37. The number of alkyl halides is 1. The van der Waals surface area contributed by atoms with Crippen molar-refractivity contribution < 1.29 is 13.6 Å². The van der Waals surface area contributed by atoms with E-state index in [2.05, 4.69) is 5.16 Å². The minimum atomic E-state index is -0.887. The van der Waals surface area contributed by atoms with Crippen LogP contribution in [0.3, 0.4) is 0 Å². The van der Waals surface area contributed by atoms with E-state index >= 15 is 0 Å². The number of hydrogen-bond donors (Lipinski definition) is 0. The number of nitrogens with zero attached hydrogens (tertiary/aromatic N) is 1. The molecule has 2 nitrogen and oxygen atoms in total. The molecule has 1 aromatic carbocycles. The first-order valence-electron chi connectivity index (χ1n) is 4.90. The van der Waals surface area contributed by atoms with Crippen LogP contribution in [0, 0.1) is 11.6 Å². The van der Waals surface area contributed by atoms with Crippen molar-refractivity contribution in [2.24, 2.45) is 5.16 Å². The van der Waals surface area contributed by atoms with Crippen LogP contribution in [0.1, 0.15) is 18.9 Å². The molecule has 1 heterocycles. The largest absolute Gasteiger partial charge is 0.390 e. The smallest absolute Gasteiger partial charge is 0.159 e. The molecule has 2 atom stereocenters. The Balaban J connectivity index is 2.18. The van der Waals surface area contributed by atoms with Gasteiger partial charge in [0.2, 0.25) is 0 Å². The summed E-state index contributed by atoms with van der Waals surface area (Å²) < 4.78 is 25.7. The molecule has 0 fully saturated rings. The zero-order chi connectivity index (χ0) is 11.7. The molecule has 86 valence electrons. The Morgan fingerprint density at radius 3 is 2.75 bits per heavy atom. The van der Waals surface area contributed by atoms with Gasteiger partial charge in [0.25, 0.3) is 0 Å². The van der Waals surface area contributed by atoms with E-state index in [0.717, 1.165) is 12.1 Å². The number of oxime groups is 1. The van der Waals surface area contributed by atoms with Crippen molar-refractivity contribution in [2.75, 3.05) is 0 Å². The molecule has 0 bridgehead atoms. The van der Waals surface area contributed by atoms with E-state index in [1.54, 1.807) is 6.92 Å². The van der Waals surface area contributed by atoms with Crippen LogP contribution in [-0.4, -0.2) is 17.2 Å². The van der Waals surface area contributed by atoms with Crippen LogP contribution in [0.15, 0.2) is 23.4 Å². The Labute approximate surface area is 96.8 Å². The van der Waals surface area contributed by atoms with Gasteiger partial charge in [-0.05, 0) is 25.1 Å². The highest BCUT2D eigenvalue weighted by atomic mass is 35.5. The van der Waals surface area contributed by atoms with Gasteiger partial charge in [-0.25, -0.2) is 8.78 Å². The van der Waals surface area contributed by atoms with Crippen molar-refractivity contribution in [3.63, 3.8) is 0 Å². The monoisotopic (exact) mass is 245 g/mol. The van der Waals surface area contributed by atoms with Crippen LogP contribution >= 0.6 is 11.6 Å². The molecule has 1 aliphatic rings. The molecule has 0 radical (unpaired) electrons. The third kappa shape index (κ3) is 2.16. The summed E-state index contributed by atoms with van der Waals surface area (Å²) in [6.07, 6.45) is 0.306. The van der Waals surface area contributed by atoms with Gasteiger partial charge in [0.1, 0.15) is 6.10 Å². The highest BCUT2D eigenvalue weighted by Gasteiger charge is 2.26. The summed E-state index contributed by atoms with van der Waals surface area (Å²) in [6.45, 7) is 1.80. The van der Waals surface area contributed by atoms with Gasteiger partial charge in [-0.15, -0.1) is 11.6 Å². The average molecular weight is 246 g/mol. The predicted octanol–water partition coefficient (Wildman–Crippen LogP) is 3.09. The highest BCUT2D eigenvalue weighted by molar-refractivity contribution is 6.21. The molecule has 5 heteroatoms. The molecule has 0 amide bonds. The molecule has 0 saturated carbocycles. The first-order valence-corrected chi connectivity index (χ1v) is 5.34. The summed E-state index contributed by atoms with van der Waals surface area (Å²) in [4.78, 5) is 5.09. The minimum Gasteiger partial charge on any atom is -0.390 e. The van der Waals surface area contributed by atoms with E-state index in [4.69, 9.17) is 16.4 Å². The fourth-order valence-electron chi connectivity index (χ4n) is 1.49. The molecule has 0 N–H and O–H groups in total. The Hall–Kier alpha value is -1.16. The Morgan fingerprint density at radius 1 is 1.44 bits per heavy atom. The lowest BCUT2D eigenvalue weighted by Crippen LogP contribution is -2.18. The number of hydrogen-bond acceptors (Lipinski definition) is 2. The third-order valence-corrected chi connectivity index (χ3v) is 2.74. The lowest BCUT2D eigenvalue weighted by atomic mass is 10.0. The zero-order valence-electron chi connectivity index (χ0n) is 8.58. The maximum atomic E-state index is 13.0. The summed E-state index contributed by atoms with van der Waals surface area (Å²) in [6, 6.07) is 3.66. The maximum absolute atomic E-state index is 13.0. The van der Waals surface area contributed by atoms with Crippen molar-refractivity contribution in [1.29, 1.82) is 0 Å². The first-order chi connectivity index (χ1) is 7.58. The van der Waals surface area contributed by atoms with Crippen LogP contribution in [-0.2, 0) is 4.84 Å². The molecule has 1 aromatic rings. The van der Waals surface area contributed by atoms with Gasteiger partial charge in [-0.3, -0.25) is 0 Å². The fraction of sp³-hybridized carbons (Fsp3) is 0.364. The highest BCUT2D eigenvalue weighted by Crippen LogP contribution is 2.22. The quantitative estimate of drug-likeness (QED) is 0.734. The standard InChI is InChI=1S/C11H10ClF2NO/c1-6(12)11-5-10(15-16-11)7-2-3-8(13)9(14)4-7/h2-4,6,11H,5H2,1H3. The van der Waals surface area contributed by atoms with E-state index in [-0.39, 0.29) is 11.5 Å².